The number of aromatic nitrogens is 1. The number of hydrogen-bond donors (Lipinski definition) is 0. The first-order valence-electron chi connectivity index (χ1n) is 8.83. The Morgan fingerprint density at radius 1 is 0.800 bits per heavy atom. The molecule has 0 amide bonds. The summed E-state index contributed by atoms with van der Waals surface area (Å²) in [6.07, 6.45) is 1.15. The number of sulfone groups is 1. The van der Waals surface area contributed by atoms with E-state index < -0.39 is 37.6 Å². The highest BCUT2D eigenvalue weighted by Gasteiger charge is 2.24. The Bertz CT molecular complexity index is 1430. The lowest BCUT2D eigenvalue weighted by Crippen LogP contribution is -2.20. The van der Waals surface area contributed by atoms with Gasteiger partial charge in [-0.25, -0.2) is 21.6 Å². The third kappa shape index (κ3) is 3.61. The molecule has 0 radical (unpaired) electrons. The van der Waals surface area contributed by atoms with Gasteiger partial charge >= 0.3 is 0 Å². The fourth-order valence-corrected chi connectivity index (χ4v) is 4.61. The van der Waals surface area contributed by atoms with Gasteiger partial charge in [0.05, 0.1) is 10.4 Å². The van der Waals surface area contributed by atoms with Crippen molar-refractivity contribution in [1.82, 2.24) is 4.57 Å². The minimum Gasteiger partial charge on any atom is -0.341 e. The van der Waals surface area contributed by atoms with Crippen molar-refractivity contribution in [1.29, 1.82) is 0 Å². The smallest absolute Gasteiger partial charge is 0.211 e. The normalized spacial score (nSPS) is 11.7. The summed E-state index contributed by atoms with van der Waals surface area (Å²) in [5.74, 6) is -1.80. The Hall–Kier alpha value is -3.39. The molecule has 0 atom stereocenters. The van der Waals surface area contributed by atoms with Crippen molar-refractivity contribution in [2.45, 2.75) is 16.3 Å². The standard InChI is InChI=1S/C22H14F3NO3S/c23-15-4-7-18(8-5-15)30(28,29)21-13-26(12-14-2-1-3-16(24)10-14)20-9-6-17(25)11-19(20)22(21)27/h1-11,13H,12H2. The lowest BCUT2D eigenvalue weighted by atomic mass is 10.1. The second kappa shape index (κ2) is 7.46. The van der Waals surface area contributed by atoms with Crippen LogP contribution in [0.2, 0.25) is 0 Å². The van der Waals surface area contributed by atoms with Gasteiger partial charge in [-0.1, -0.05) is 12.1 Å². The number of benzene rings is 3. The van der Waals surface area contributed by atoms with Crippen LogP contribution in [-0.4, -0.2) is 13.0 Å². The maximum absolute atomic E-state index is 13.8. The van der Waals surface area contributed by atoms with Crippen LogP contribution in [0.3, 0.4) is 0 Å². The molecule has 0 saturated carbocycles. The largest absolute Gasteiger partial charge is 0.341 e. The quantitative estimate of drug-likeness (QED) is 0.455. The van der Waals surface area contributed by atoms with Crippen LogP contribution < -0.4 is 5.43 Å². The van der Waals surface area contributed by atoms with Crippen LogP contribution in [0.1, 0.15) is 5.56 Å². The van der Waals surface area contributed by atoms with Gasteiger partial charge in [0.2, 0.25) is 15.3 Å². The van der Waals surface area contributed by atoms with E-state index in [-0.39, 0.29) is 16.8 Å². The summed E-state index contributed by atoms with van der Waals surface area (Å²) in [5.41, 5.74) is -0.0533. The average molecular weight is 429 g/mol. The van der Waals surface area contributed by atoms with Gasteiger partial charge in [-0.15, -0.1) is 0 Å². The van der Waals surface area contributed by atoms with Gasteiger partial charge in [-0.05, 0) is 60.2 Å². The lowest BCUT2D eigenvalue weighted by Gasteiger charge is -2.14. The lowest BCUT2D eigenvalue weighted by molar-refractivity contribution is 0.592. The van der Waals surface area contributed by atoms with Crippen LogP contribution in [0.4, 0.5) is 13.2 Å². The number of pyridine rings is 1. The molecule has 0 fully saturated rings. The second-order valence-electron chi connectivity index (χ2n) is 6.70. The van der Waals surface area contributed by atoms with E-state index in [1.807, 2.05) is 0 Å². The molecule has 0 aliphatic rings. The highest BCUT2D eigenvalue weighted by molar-refractivity contribution is 7.91. The van der Waals surface area contributed by atoms with E-state index in [0.29, 0.717) is 11.1 Å². The van der Waals surface area contributed by atoms with Crippen LogP contribution in [0.5, 0.6) is 0 Å². The summed E-state index contributed by atoms with van der Waals surface area (Å²) in [5, 5.41) is -0.130. The Labute approximate surface area is 169 Å². The summed E-state index contributed by atoms with van der Waals surface area (Å²) in [7, 11) is -4.31. The molecule has 0 N–H and O–H groups in total. The summed E-state index contributed by atoms with van der Waals surface area (Å²) < 4.78 is 68.2. The number of hydrogen-bond acceptors (Lipinski definition) is 3. The van der Waals surface area contributed by atoms with Crippen LogP contribution in [-0.2, 0) is 16.4 Å². The van der Waals surface area contributed by atoms with Crippen molar-refractivity contribution < 1.29 is 21.6 Å². The van der Waals surface area contributed by atoms with Gasteiger partial charge in [0, 0.05) is 18.1 Å². The van der Waals surface area contributed by atoms with Gasteiger partial charge in [-0.3, -0.25) is 4.79 Å². The van der Waals surface area contributed by atoms with E-state index >= 15 is 0 Å². The number of rotatable bonds is 4. The third-order valence-electron chi connectivity index (χ3n) is 4.66. The molecule has 4 rings (SSSR count). The first-order chi connectivity index (χ1) is 14.3. The molecule has 0 spiro atoms. The summed E-state index contributed by atoms with van der Waals surface area (Å²) in [6.45, 7) is 0.0477. The van der Waals surface area contributed by atoms with E-state index in [1.165, 1.54) is 28.8 Å². The Morgan fingerprint density at radius 3 is 2.17 bits per heavy atom. The molecular weight excluding hydrogens is 415 g/mol. The molecule has 0 aliphatic carbocycles. The van der Waals surface area contributed by atoms with Gasteiger partial charge in [0.1, 0.15) is 22.3 Å². The number of nitrogens with zero attached hydrogens (tertiary/aromatic N) is 1. The maximum Gasteiger partial charge on any atom is 0.211 e. The second-order valence-corrected chi connectivity index (χ2v) is 8.62. The van der Waals surface area contributed by atoms with Gasteiger partial charge in [0.25, 0.3) is 0 Å². The van der Waals surface area contributed by atoms with Crippen molar-refractivity contribution in [3.8, 4) is 0 Å². The van der Waals surface area contributed by atoms with Crippen LogP contribution in [0, 0.1) is 17.5 Å². The van der Waals surface area contributed by atoms with Crippen LogP contribution in [0.25, 0.3) is 10.9 Å². The van der Waals surface area contributed by atoms with E-state index in [2.05, 4.69) is 0 Å². The zero-order valence-corrected chi connectivity index (χ0v) is 16.2. The molecule has 0 aliphatic heterocycles. The Balaban J connectivity index is 1.97. The summed E-state index contributed by atoms with van der Waals surface area (Å²) in [6, 6.07) is 13.2. The van der Waals surface area contributed by atoms with E-state index in [9.17, 15) is 26.4 Å². The predicted octanol–water partition coefficient (Wildman–Crippen LogP) is 4.30. The van der Waals surface area contributed by atoms with Crippen LogP contribution >= 0.6 is 0 Å². The molecule has 0 unspecified atom stereocenters. The molecule has 4 aromatic rings. The number of halogens is 3. The van der Waals surface area contributed by atoms with Gasteiger partial charge in [-0.2, -0.15) is 0 Å². The first kappa shape index (κ1) is 19.9. The summed E-state index contributed by atoms with van der Waals surface area (Å²) in [4.78, 5) is 12.1. The third-order valence-corrected chi connectivity index (χ3v) is 6.43. The van der Waals surface area contributed by atoms with Crippen molar-refractivity contribution in [2.24, 2.45) is 0 Å². The molecule has 30 heavy (non-hydrogen) atoms. The van der Waals surface area contributed by atoms with E-state index in [1.54, 1.807) is 6.07 Å². The van der Waals surface area contributed by atoms with Crippen molar-refractivity contribution in [2.75, 3.05) is 0 Å². The molecular formula is C22H14F3NO3S. The number of fused-ring (bicyclic) bond motifs is 1. The molecule has 8 heteroatoms. The highest BCUT2D eigenvalue weighted by atomic mass is 32.2. The zero-order chi connectivity index (χ0) is 21.5. The van der Waals surface area contributed by atoms with Crippen molar-refractivity contribution in [3.63, 3.8) is 0 Å². The van der Waals surface area contributed by atoms with Crippen molar-refractivity contribution >= 4 is 20.7 Å². The summed E-state index contributed by atoms with van der Waals surface area (Å²) >= 11 is 0. The van der Waals surface area contributed by atoms with Gasteiger partial charge in [0.15, 0.2) is 0 Å². The minimum absolute atomic E-state index is 0.0477. The fourth-order valence-electron chi connectivity index (χ4n) is 3.24. The highest BCUT2D eigenvalue weighted by Crippen LogP contribution is 2.23. The molecule has 3 aromatic carbocycles. The molecule has 1 heterocycles. The molecule has 0 saturated heterocycles. The molecule has 152 valence electrons. The monoisotopic (exact) mass is 429 g/mol. The molecule has 1 aromatic heterocycles. The average Bonchev–Trinajstić information content (AvgIpc) is 2.70. The van der Waals surface area contributed by atoms with Crippen molar-refractivity contribution in [3.05, 3.63) is 106 Å². The molecule has 4 nitrogen and oxygen atoms in total. The Kier molecular flexibility index (Phi) is 4.95. The molecule has 0 bridgehead atoms. The van der Waals surface area contributed by atoms with Gasteiger partial charge < -0.3 is 4.57 Å². The topological polar surface area (TPSA) is 56.1 Å². The van der Waals surface area contributed by atoms with E-state index in [4.69, 9.17) is 0 Å². The van der Waals surface area contributed by atoms with Crippen LogP contribution in [0.15, 0.2) is 87.5 Å². The van der Waals surface area contributed by atoms with E-state index in [0.717, 1.165) is 42.6 Å². The maximum atomic E-state index is 13.8. The zero-order valence-electron chi connectivity index (χ0n) is 15.3. The fraction of sp³-hybridized carbons (Fsp3) is 0.0455. The predicted molar refractivity (Wildman–Crippen MR) is 106 cm³/mol. The minimum atomic E-state index is -4.31. The first-order valence-corrected chi connectivity index (χ1v) is 10.3. The SMILES string of the molecule is O=c1c(S(=O)(=O)c2ccc(F)cc2)cn(Cc2cccc(F)c2)c2ccc(F)cc12. The Morgan fingerprint density at radius 2 is 1.47 bits per heavy atom.